The molecule has 7 heteroatoms. The number of nitrogens with zero attached hydrogens (tertiary/aromatic N) is 3. The molecule has 1 saturated carbocycles. The maximum absolute atomic E-state index is 13.0. The minimum absolute atomic E-state index is 0.0701. The van der Waals surface area contributed by atoms with Crippen LogP contribution in [0.1, 0.15) is 66.8 Å². The van der Waals surface area contributed by atoms with Gasteiger partial charge in [-0.3, -0.25) is 4.79 Å². The van der Waals surface area contributed by atoms with Crippen molar-refractivity contribution in [2.24, 2.45) is 0 Å². The highest BCUT2D eigenvalue weighted by atomic mass is 32.1. The van der Waals surface area contributed by atoms with Gasteiger partial charge in [0.2, 0.25) is 0 Å². The largest absolute Gasteiger partial charge is 0.491 e. The number of hydrogen-bond donors (Lipinski definition) is 1. The van der Waals surface area contributed by atoms with Gasteiger partial charge in [0.1, 0.15) is 22.7 Å². The second kappa shape index (κ2) is 9.86. The number of carbonyl (C=O) groups is 1. The third-order valence-electron chi connectivity index (χ3n) is 6.12. The molecule has 4 rings (SSSR count). The Labute approximate surface area is 194 Å². The number of rotatable bonds is 7. The number of carbonyl (C=O) groups excluding carboxylic acids is 1. The van der Waals surface area contributed by atoms with Crippen LogP contribution in [0.5, 0.6) is 5.75 Å². The molecule has 0 unspecified atom stereocenters. The zero-order valence-corrected chi connectivity index (χ0v) is 20.2. The van der Waals surface area contributed by atoms with Crippen molar-refractivity contribution in [3.63, 3.8) is 0 Å². The Morgan fingerprint density at radius 1 is 1.19 bits per heavy atom. The average Bonchev–Trinajstić information content (AvgIpc) is 3.15. The highest BCUT2D eigenvalue weighted by Gasteiger charge is 2.25. The van der Waals surface area contributed by atoms with E-state index in [0.717, 1.165) is 32.9 Å². The van der Waals surface area contributed by atoms with Crippen molar-refractivity contribution in [1.82, 2.24) is 15.3 Å². The third kappa shape index (κ3) is 4.88. The standard InChI is InChI=1S/C25H32N4O2S/c1-16(2)31-20-12-10-18(11-13-20)14-26-24(30)22-17(3)21-23(27-15-28-25(21)32-22)29(4)19-8-6-5-7-9-19/h10-13,15-16,19H,5-9,14H2,1-4H3,(H,26,30). The fourth-order valence-corrected chi connectivity index (χ4v) is 5.46. The molecular weight excluding hydrogens is 420 g/mol. The number of anilines is 1. The Morgan fingerprint density at radius 3 is 2.59 bits per heavy atom. The number of thiophene rings is 1. The Bertz CT molecular complexity index is 1070. The summed E-state index contributed by atoms with van der Waals surface area (Å²) < 4.78 is 5.69. The van der Waals surface area contributed by atoms with Crippen LogP contribution in [0.4, 0.5) is 5.82 Å². The summed E-state index contributed by atoms with van der Waals surface area (Å²) >= 11 is 1.44. The van der Waals surface area contributed by atoms with Gasteiger partial charge in [0.15, 0.2) is 0 Å². The van der Waals surface area contributed by atoms with Gasteiger partial charge >= 0.3 is 0 Å². The lowest BCUT2D eigenvalue weighted by Crippen LogP contribution is -2.34. The summed E-state index contributed by atoms with van der Waals surface area (Å²) in [6.07, 6.45) is 8.00. The second-order valence-electron chi connectivity index (χ2n) is 8.83. The summed E-state index contributed by atoms with van der Waals surface area (Å²) in [5.74, 6) is 1.71. The minimum atomic E-state index is -0.0701. The molecule has 0 bridgehead atoms. The van der Waals surface area contributed by atoms with Crippen LogP contribution in [0.15, 0.2) is 30.6 Å². The predicted octanol–water partition coefficient (Wildman–Crippen LogP) is 5.49. The fraction of sp³-hybridized carbons (Fsp3) is 0.480. The molecule has 1 aliphatic carbocycles. The molecule has 2 heterocycles. The van der Waals surface area contributed by atoms with Gasteiger partial charge in [-0.05, 0) is 56.9 Å². The Hall–Kier alpha value is -2.67. The van der Waals surface area contributed by atoms with Crippen LogP contribution in [0, 0.1) is 6.92 Å². The lowest BCUT2D eigenvalue weighted by atomic mass is 9.94. The van der Waals surface area contributed by atoms with Crippen LogP contribution < -0.4 is 15.0 Å². The number of fused-ring (bicyclic) bond motifs is 1. The number of amides is 1. The van der Waals surface area contributed by atoms with Crippen LogP contribution in [-0.4, -0.2) is 35.1 Å². The Balaban J connectivity index is 1.50. The van der Waals surface area contributed by atoms with E-state index in [1.807, 2.05) is 45.0 Å². The summed E-state index contributed by atoms with van der Waals surface area (Å²) in [4.78, 5) is 26.0. The van der Waals surface area contributed by atoms with Gasteiger partial charge in [-0.1, -0.05) is 31.4 Å². The molecule has 1 fully saturated rings. The zero-order valence-electron chi connectivity index (χ0n) is 19.4. The fourth-order valence-electron chi connectivity index (χ4n) is 4.40. The van der Waals surface area contributed by atoms with Crippen LogP contribution in [0.2, 0.25) is 0 Å². The van der Waals surface area contributed by atoms with Crippen LogP contribution in [-0.2, 0) is 6.54 Å². The maximum atomic E-state index is 13.0. The summed E-state index contributed by atoms with van der Waals surface area (Å²) in [6, 6.07) is 8.35. The first-order valence-corrected chi connectivity index (χ1v) is 12.3. The Kier molecular flexibility index (Phi) is 6.94. The van der Waals surface area contributed by atoms with E-state index in [4.69, 9.17) is 4.74 Å². The first-order valence-electron chi connectivity index (χ1n) is 11.4. The van der Waals surface area contributed by atoms with Crippen molar-refractivity contribution in [3.05, 3.63) is 46.6 Å². The van der Waals surface area contributed by atoms with Crippen molar-refractivity contribution in [2.45, 2.75) is 71.6 Å². The molecule has 0 atom stereocenters. The molecule has 0 aliphatic heterocycles. The average molecular weight is 453 g/mol. The monoisotopic (exact) mass is 452 g/mol. The molecule has 6 nitrogen and oxygen atoms in total. The maximum Gasteiger partial charge on any atom is 0.261 e. The molecule has 0 saturated heterocycles. The molecular formula is C25H32N4O2S. The zero-order chi connectivity index (χ0) is 22.7. The van der Waals surface area contributed by atoms with Crippen LogP contribution in [0.3, 0.4) is 0 Å². The minimum Gasteiger partial charge on any atom is -0.491 e. The lowest BCUT2D eigenvalue weighted by molar-refractivity contribution is 0.0954. The van der Waals surface area contributed by atoms with E-state index in [1.54, 1.807) is 6.33 Å². The SMILES string of the molecule is Cc1c(C(=O)NCc2ccc(OC(C)C)cc2)sc2ncnc(N(C)C3CCCCC3)c12. The summed E-state index contributed by atoms with van der Waals surface area (Å²) in [7, 11) is 2.13. The van der Waals surface area contributed by atoms with E-state index >= 15 is 0 Å². The number of benzene rings is 1. The van der Waals surface area contributed by atoms with E-state index in [1.165, 1.54) is 43.4 Å². The number of nitrogens with one attached hydrogen (secondary N) is 1. The molecule has 2 aromatic heterocycles. The molecule has 1 amide bonds. The van der Waals surface area contributed by atoms with Crippen molar-refractivity contribution < 1.29 is 9.53 Å². The normalized spacial score (nSPS) is 14.7. The molecule has 170 valence electrons. The molecule has 32 heavy (non-hydrogen) atoms. The highest BCUT2D eigenvalue weighted by molar-refractivity contribution is 7.20. The molecule has 1 aromatic carbocycles. The molecule has 1 N–H and O–H groups in total. The van der Waals surface area contributed by atoms with Crippen LogP contribution >= 0.6 is 11.3 Å². The summed E-state index contributed by atoms with van der Waals surface area (Å²) in [5.41, 5.74) is 1.99. The first-order chi connectivity index (χ1) is 15.4. The van der Waals surface area contributed by atoms with E-state index in [9.17, 15) is 4.79 Å². The molecule has 3 aromatic rings. The van der Waals surface area contributed by atoms with Crippen molar-refractivity contribution in [3.8, 4) is 5.75 Å². The summed E-state index contributed by atoms with van der Waals surface area (Å²) in [6.45, 7) is 6.48. The smallest absolute Gasteiger partial charge is 0.261 e. The quantitative estimate of drug-likeness (QED) is 0.514. The predicted molar refractivity (Wildman–Crippen MR) is 131 cm³/mol. The Morgan fingerprint density at radius 2 is 1.91 bits per heavy atom. The van der Waals surface area contributed by atoms with Gasteiger partial charge in [0.25, 0.3) is 5.91 Å². The molecule has 1 aliphatic rings. The first kappa shape index (κ1) is 22.5. The van der Waals surface area contributed by atoms with Gasteiger partial charge in [-0.15, -0.1) is 11.3 Å². The van der Waals surface area contributed by atoms with Gasteiger partial charge < -0.3 is 15.0 Å². The third-order valence-corrected chi connectivity index (χ3v) is 7.32. The second-order valence-corrected chi connectivity index (χ2v) is 9.83. The van der Waals surface area contributed by atoms with E-state index in [2.05, 4.69) is 27.2 Å². The topological polar surface area (TPSA) is 67.3 Å². The van der Waals surface area contributed by atoms with Crippen molar-refractivity contribution in [1.29, 1.82) is 0 Å². The van der Waals surface area contributed by atoms with Gasteiger partial charge in [-0.2, -0.15) is 0 Å². The number of aryl methyl sites for hydroxylation is 1. The highest BCUT2D eigenvalue weighted by Crippen LogP contribution is 2.36. The van der Waals surface area contributed by atoms with Crippen LogP contribution in [0.25, 0.3) is 10.2 Å². The van der Waals surface area contributed by atoms with Crippen molar-refractivity contribution in [2.75, 3.05) is 11.9 Å². The lowest BCUT2D eigenvalue weighted by Gasteiger charge is -2.32. The van der Waals surface area contributed by atoms with E-state index in [-0.39, 0.29) is 12.0 Å². The van der Waals surface area contributed by atoms with E-state index < -0.39 is 0 Å². The molecule has 0 radical (unpaired) electrons. The number of hydrogen-bond acceptors (Lipinski definition) is 6. The molecule has 0 spiro atoms. The number of aromatic nitrogens is 2. The number of ether oxygens (including phenoxy) is 1. The van der Waals surface area contributed by atoms with Gasteiger partial charge in [-0.25, -0.2) is 9.97 Å². The van der Waals surface area contributed by atoms with Crippen molar-refractivity contribution >= 4 is 33.3 Å². The summed E-state index contributed by atoms with van der Waals surface area (Å²) in [5, 5.41) is 4.06. The van der Waals surface area contributed by atoms with Gasteiger partial charge in [0.05, 0.1) is 16.4 Å². The van der Waals surface area contributed by atoms with Gasteiger partial charge in [0, 0.05) is 19.6 Å². The van der Waals surface area contributed by atoms with E-state index in [0.29, 0.717) is 17.5 Å².